The van der Waals surface area contributed by atoms with Crippen LogP contribution in [-0.2, 0) is 14.3 Å². The Morgan fingerprint density at radius 2 is 2.03 bits per heavy atom. The molecular weight excluding hydrogens is 450 g/mol. The molecule has 0 aliphatic carbocycles. The van der Waals surface area contributed by atoms with Gasteiger partial charge in [0.2, 0.25) is 12.3 Å². The van der Waals surface area contributed by atoms with E-state index < -0.39 is 36.4 Å². The third-order valence-electron chi connectivity index (χ3n) is 5.58. The summed E-state index contributed by atoms with van der Waals surface area (Å²) in [5.74, 6) is -0.901. The highest BCUT2D eigenvalue weighted by Crippen LogP contribution is 2.31. The van der Waals surface area contributed by atoms with E-state index in [0.717, 1.165) is 4.90 Å². The van der Waals surface area contributed by atoms with Crippen LogP contribution in [0.1, 0.15) is 13.8 Å². The van der Waals surface area contributed by atoms with Crippen LogP contribution in [0.3, 0.4) is 0 Å². The van der Waals surface area contributed by atoms with Crippen molar-refractivity contribution < 1.29 is 36.7 Å². The van der Waals surface area contributed by atoms with Crippen LogP contribution in [0.15, 0.2) is 18.2 Å². The molecule has 0 radical (unpaired) electrons. The predicted octanol–water partition coefficient (Wildman–Crippen LogP) is 1.43. The number of ether oxygens (including phenoxy) is 1. The average molecular weight is 475 g/mol. The van der Waals surface area contributed by atoms with E-state index in [-0.39, 0.29) is 56.4 Å². The number of rotatable bonds is 7. The highest BCUT2D eigenvalue weighted by Gasteiger charge is 2.46. The zero-order valence-electron chi connectivity index (χ0n) is 18.1. The molecule has 0 bridgehead atoms. The van der Waals surface area contributed by atoms with Crippen molar-refractivity contribution in [3.8, 4) is 0 Å². The fourth-order valence-electron chi connectivity index (χ4n) is 4.03. The van der Waals surface area contributed by atoms with Gasteiger partial charge in [0, 0.05) is 32.6 Å². The molecule has 1 aromatic rings. The van der Waals surface area contributed by atoms with Crippen LogP contribution in [0.25, 0.3) is 0 Å². The summed E-state index contributed by atoms with van der Waals surface area (Å²) in [6, 6.07) is 3.54. The standard InChI is InChI=1S/C20H25F4N5O4/c1-12-9-27(5-6-28(12)18(26-11-30)20(22,23)24)17-4-3-14(7-16(17)21)29-10-15(33-19(29)32)8-25-13(2)31/h3-4,7,11-12,15,18H,5-6,8-10H2,1-2H3,(H,25,31)(H,26,30)/t12?,15-,18?/m0/s1. The average Bonchev–Trinajstić information content (AvgIpc) is 3.10. The van der Waals surface area contributed by atoms with E-state index in [9.17, 15) is 31.9 Å². The highest BCUT2D eigenvalue weighted by molar-refractivity contribution is 5.90. The van der Waals surface area contributed by atoms with Gasteiger partial charge < -0.3 is 20.3 Å². The minimum Gasteiger partial charge on any atom is -0.442 e. The minimum atomic E-state index is -4.65. The largest absolute Gasteiger partial charge is 0.442 e. The first kappa shape index (κ1) is 24.6. The van der Waals surface area contributed by atoms with Crippen LogP contribution in [0.4, 0.5) is 33.7 Å². The van der Waals surface area contributed by atoms with Crippen LogP contribution >= 0.6 is 0 Å². The molecule has 9 nitrogen and oxygen atoms in total. The normalized spacial score (nSPS) is 22.7. The number of carbonyl (C=O) groups is 3. The van der Waals surface area contributed by atoms with Crippen molar-refractivity contribution in [3.63, 3.8) is 0 Å². The summed E-state index contributed by atoms with van der Waals surface area (Å²) in [6.45, 7) is 3.35. The van der Waals surface area contributed by atoms with Gasteiger partial charge in [0.15, 0.2) is 6.17 Å². The van der Waals surface area contributed by atoms with Gasteiger partial charge in [-0.1, -0.05) is 0 Å². The molecule has 2 aliphatic rings. The predicted molar refractivity (Wildman–Crippen MR) is 110 cm³/mol. The first-order chi connectivity index (χ1) is 15.5. The first-order valence-electron chi connectivity index (χ1n) is 10.3. The zero-order chi connectivity index (χ0) is 24.3. The first-order valence-corrected chi connectivity index (χ1v) is 10.3. The Morgan fingerprint density at radius 1 is 1.30 bits per heavy atom. The number of halogens is 4. The zero-order valence-corrected chi connectivity index (χ0v) is 18.1. The van der Waals surface area contributed by atoms with Crippen LogP contribution in [0, 0.1) is 5.82 Å². The number of carbonyl (C=O) groups excluding carboxylic acids is 3. The smallest absolute Gasteiger partial charge is 0.422 e. The van der Waals surface area contributed by atoms with Gasteiger partial charge in [-0.15, -0.1) is 0 Å². The van der Waals surface area contributed by atoms with Crippen LogP contribution < -0.4 is 20.4 Å². The molecule has 2 heterocycles. The number of anilines is 2. The second kappa shape index (κ2) is 9.81. The summed E-state index contributed by atoms with van der Waals surface area (Å²) in [4.78, 5) is 37.8. The Bertz CT molecular complexity index is 900. The van der Waals surface area contributed by atoms with E-state index in [0.29, 0.717) is 0 Å². The third-order valence-corrected chi connectivity index (χ3v) is 5.58. The maximum Gasteiger partial charge on any atom is 0.422 e. The summed E-state index contributed by atoms with van der Waals surface area (Å²) in [6.07, 6.45) is -7.99. The molecule has 1 aromatic carbocycles. The lowest BCUT2D eigenvalue weighted by atomic mass is 10.1. The van der Waals surface area contributed by atoms with Crippen molar-refractivity contribution in [2.75, 3.05) is 42.5 Å². The minimum absolute atomic E-state index is 0.0136. The van der Waals surface area contributed by atoms with Crippen LogP contribution in [0.2, 0.25) is 0 Å². The molecule has 0 spiro atoms. The summed E-state index contributed by atoms with van der Waals surface area (Å²) in [7, 11) is 0. The van der Waals surface area contributed by atoms with E-state index >= 15 is 0 Å². The number of nitrogens with one attached hydrogen (secondary N) is 2. The van der Waals surface area contributed by atoms with Gasteiger partial charge in [-0.2, -0.15) is 13.2 Å². The number of hydrogen-bond donors (Lipinski definition) is 2. The number of amides is 3. The molecule has 0 saturated carbocycles. The fourth-order valence-corrected chi connectivity index (χ4v) is 4.03. The summed E-state index contributed by atoms with van der Waals surface area (Å²) < 4.78 is 60.0. The molecular formula is C20H25F4N5O4. The van der Waals surface area contributed by atoms with Crippen molar-refractivity contribution in [3.05, 3.63) is 24.0 Å². The van der Waals surface area contributed by atoms with E-state index in [1.807, 2.05) is 0 Å². The maximum atomic E-state index is 14.9. The number of alkyl halides is 3. The molecule has 2 saturated heterocycles. The quantitative estimate of drug-likeness (QED) is 0.458. The Labute approximate surface area is 187 Å². The van der Waals surface area contributed by atoms with Gasteiger partial charge in [0.25, 0.3) is 0 Å². The maximum absolute atomic E-state index is 14.9. The van der Waals surface area contributed by atoms with Gasteiger partial charge in [-0.25, -0.2) is 9.18 Å². The molecule has 2 aliphatic heterocycles. The molecule has 33 heavy (non-hydrogen) atoms. The highest BCUT2D eigenvalue weighted by atomic mass is 19.4. The molecule has 2 N–H and O–H groups in total. The number of cyclic esters (lactones) is 1. The Kier molecular flexibility index (Phi) is 7.30. The number of benzene rings is 1. The number of hydrogen-bond acceptors (Lipinski definition) is 6. The molecule has 2 unspecified atom stereocenters. The topological polar surface area (TPSA) is 94.2 Å². The molecule has 182 valence electrons. The van der Waals surface area contributed by atoms with Crippen molar-refractivity contribution in [2.45, 2.75) is 38.3 Å². The van der Waals surface area contributed by atoms with Gasteiger partial charge in [-0.05, 0) is 25.1 Å². The lowest BCUT2D eigenvalue weighted by Crippen LogP contribution is -2.63. The van der Waals surface area contributed by atoms with Gasteiger partial charge in [-0.3, -0.25) is 19.4 Å². The van der Waals surface area contributed by atoms with Crippen molar-refractivity contribution in [2.24, 2.45) is 0 Å². The Balaban J connectivity index is 1.68. The van der Waals surface area contributed by atoms with Crippen LogP contribution in [0.5, 0.6) is 0 Å². The summed E-state index contributed by atoms with van der Waals surface area (Å²) in [5.41, 5.74) is 0.463. The molecule has 2 fully saturated rings. The van der Waals surface area contributed by atoms with Crippen LogP contribution in [-0.4, -0.2) is 80.5 Å². The number of piperazine rings is 1. The Morgan fingerprint density at radius 3 is 2.61 bits per heavy atom. The molecule has 13 heteroatoms. The third kappa shape index (κ3) is 5.64. The lowest BCUT2D eigenvalue weighted by molar-refractivity contribution is -0.198. The van der Waals surface area contributed by atoms with E-state index in [2.05, 4.69) is 5.32 Å². The second-order valence-corrected chi connectivity index (χ2v) is 7.95. The monoisotopic (exact) mass is 475 g/mol. The van der Waals surface area contributed by atoms with Crippen molar-refractivity contribution >= 4 is 29.8 Å². The molecule has 3 atom stereocenters. The SMILES string of the molecule is CC(=O)NC[C@H]1CN(c2ccc(N3CCN(C(NC=O)C(F)(F)F)C(C)C3)c(F)c2)C(=O)O1. The van der Waals surface area contributed by atoms with Crippen molar-refractivity contribution in [1.82, 2.24) is 15.5 Å². The molecule has 0 aromatic heterocycles. The summed E-state index contributed by atoms with van der Waals surface area (Å²) >= 11 is 0. The van der Waals surface area contributed by atoms with Gasteiger partial charge >= 0.3 is 12.3 Å². The summed E-state index contributed by atoms with van der Waals surface area (Å²) in [5, 5.41) is 4.36. The van der Waals surface area contributed by atoms with E-state index in [1.165, 1.54) is 30.0 Å². The van der Waals surface area contributed by atoms with Gasteiger partial charge in [0.05, 0.1) is 24.5 Å². The fraction of sp³-hybridized carbons (Fsp3) is 0.550. The number of nitrogens with zero attached hydrogens (tertiary/aromatic N) is 3. The van der Waals surface area contributed by atoms with Gasteiger partial charge in [0.1, 0.15) is 11.9 Å². The van der Waals surface area contributed by atoms with E-state index in [4.69, 9.17) is 4.74 Å². The van der Waals surface area contributed by atoms with Crippen molar-refractivity contribution in [1.29, 1.82) is 0 Å². The molecule has 3 rings (SSSR count). The lowest BCUT2D eigenvalue weighted by Gasteiger charge is -2.44. The van der Waals surface area contributed by atoms with E-state index in [1.54, 1.807) is 17.1 Å². The Hall–Kier alpha value is -3.09. The second-order valence-electron chi connectivity index (χ2n) is 7.95. The molecule has 3 amide bonds.